The first kappa shape index (κ1) is 13.4. The summed E-state index contributed by atoms with van der Waals surface area (Å²) in [4.78, 5) is 0.572. The van der Waals surface area contributed by atoms with Crippen LogP contribution < -0.4 is 5.73 Å². The Labute approximate surface area is 93.1 Å². The predicted octanol–water partition coefficient (Wildman–Crippen LogP) is 3.51. The molecule has 16 heavy (non-hydrogen) atoms. The average molecular weight is 259 g/mol. The second kappa shape index (κ2) is 4.29. The minimum absolute atomic E-state index is 0.154. The highest BCUT2D eigenvalue weighted by atomic mass is 32.1. The van der Waals surface area contributed by atoms with E-state index < -0.39 is 18.1 Å². The molecule has 1 rings (SSSR count). The van der Waals surface area contributed by atoms with E-state index in [-0.39, 0.29) is 4.88 Å². The number of hydrogen-bond acceptors (Lipinski definition) is 2. The van der Waals surface area contributed by atoms with Crippen molar-refractivity contribution in [3.8, 4) is 0 Å². The zero-order chi connectivity index (χ0) is 12.6. The largest absolute Gasteiger partial charge is 0.455 e. The Morgan fingerprint density at radius 1 is 1.25 bits per heavy atom. The average Bonchev–Trinajstić information content (AvgIpc) is 2.62. The van der Waals surface area contributed by atoms with E-state index in [1.807, 2.05) is 0 Å². The Bertz CT molecular complexity index is 357. The van der Waals surface area contributed by atoms with E-state index in [0.29, 0.717) is 6.42 Å². The number of halogens is 5. The van der Waals surface area contributed by atoms with E-state index in [1.54, 1.807) is 6.92 Å². The molecule has 0 aliphatic heterocycles. The molecule has 0 aliphatic carbocycles. The topological polar surface area (TPSA) is 26.0 Å². The third-order valence-corrected chi connectivity index (χ3v) is 3.42. The van der Waals surface area contributed by atoms with E-state index in [4.69, 9.17) is 5.73 Å². The summed E-state index contributed by atoms with van der Waals surface area (Å²) in [6, 6.07) is 0.387. The third-order valence-electron chi connectivity index (χ3n) is 2.11. The van der Waals surface area contributed by atoms with Gasteiger partial charge >= 0.3 is 12.1 Å². The summed E-state index contributed by atoms with van der Waals surface area (Å²) in [5.41, 5.74) is 4.97. The molecule has 1 atom stereocenters. The first-order valence-corrected chi connectivity index (χ1v) is 5.30. The van der Waals surface area contributed by atoms with Gasteiger partial charge in [0.2, 0.25) is 0 Å². The Morgan fingerprint density at radius 3 is 2.19 bits per heavy atom. The van der Waals surface area contributed by atoms with Crippen molar-refractivity contribution in [3.63, 3.8) is 0 Å². The molecule has 92 valence electrons. The van der Waals surface area contributed by atoms with Crippen LogP contribution in [0, 0.1) is 0 Å². The molecule has 0 fully saturated rings. The van der Waals surface area contributed by atoms with Crippen LogP contribution >= 0.6 is 11.3 Å². The van der Waals surface area contributed by atoms with Gasteiger partial charge in [0.05, 0.1) is 0 Å². The van der Waals surface area contributed by atoms with Gasteiger partial charge in [-0.15, -0.1) is 11.3 Å². The predicted molar refractivity (Wildman–Crippen MR) is 51.6 cm³/mol. The van der Waals surface area contributed by atoms with Crippen LogP contribution in [-0.4, -0.2) is 12.1 Å². The van der Waals surface area contributed by atoms with Crippen LogP contribution in [0.5, 0.6) is 0 Å². The number of nitrogens with two attached hydrogens (primary N) is 1. The van der Waals surface area contributed by atoms with Crippen LogP contribution in [0.15, 0.2) is 12.1 Å². The fourth-order valence-corrected chi connectivity index (χ4v) is 2.10. The Kier molecular flexibility index (Phi) is 3.59. The minimum atomic E-state index is -5.62. The monoisotopic (exact) mass is 259 g/mol. The molecule has 0 bridgehead atoms. The smallest absolute Gasteiger partial charge is 0.318 e. The summed E-state index contributed by atoms with van der Waals surface area (Å²) in [7, 11) is 0. The highest BCUT2D eigenvalue weighted by Gasteiger charge is 2.62. The van der Waals surface area contributed by atoms with Gasteiger partial charge in [0.25, 0.3) is 0 Å². The SMILES string of the molecule is CCc1ccc(C(N)C(F)(F)C(F)(F)F)s1. The summed E-state index contributed by atoms with van der Waals surface area (Å²) in [6.07, 6.45) is -5.04. The van der Waals surface area contributed by atoms with Gasteiger partial charge in [0.15, 0.2) is 0 Å². The zero-order valence-electron chi connectivity index (χ0n) is 8.31. The molecule has 1 aromatic rings. The van der Waals surface area contributed by atoms with Crippen LogP contribution in [0.4, 0.5) is 22.0 Å². The molecule has 1 aromatic heterocycles. The first-order chi connectivity index (χ1) is 7.20. The number of alkyl halides is 5. The van der Waals surface area contributed by atoms with Crippen molar-refractivity contribution in [2.75, 3.05) is 0 Å². The highest BCUT2D eigenvalue weighted by Crippen LogP contribution is 2.44. The van der Waals surface area contributed by atoms with Gasteiger partial charge in [-0.2, -0.15) is 22.0 Å². The van der Waals surface area contributed by atoms with E-state index in [2.05, 4.69) is 0 Å². The maximum absolute atomic E-state index is 12.9. The molecule has 7 heteroatoms. The Balaban J connectivity index is 2.97. The van der Waals surface area contributed by atoms with Gasteiger partial charge in [-0.05, 0) is 18.6 Å². The minimum Gasteiger partial charge on any atom is -0.318 e. The summed E-state index contributed by atoms with van der Waals surface area (Å²) in [5.74, 6) is -4.90. The number of hydrogen-bond donors (Lipinski definition) is 1. The summed E-state index contributed by atoms with van der Waals surface area (Å²) >= 11 is 0.879. The van der Waals surface area contributed by atoms with Gasteiger partial charge < -0.3 is 5.73 Å². The van der Waals surface area contributed by atoms with Crippen molar-refractivity contribution in [2.24, 2.45) is 5.73 Å². The molecule has 0 saturated heterocycles. The first-order valence-electron chi connectivity index (χ1n) is 4.49. The lowest BCUT2D eigenvalue weighted by Gasteiger charge is -2.24. The molecule has 1 heterocycles. The van der Waals surface area contributed by atoms with Crippen LogP contribution in [0.25, 0.3) is 0 Å². The molecular formula is C9H10F5NS. The van der Waals surface area contributed by atoms with Crippen LogP contribution in [0.2, 0.25) is 0 Å². The van der Waals surface area contributed by atoms with Crippen molar-refractivity contribution < 1.29 is 22.0 Å². The standard InChI is InChI=1S/C9H10F5NS/c1-2-5-3-4-6(16-5)7(15)8(10,11)9(12,13)14/h3-4,7H,2,15H2,1H3. The van der Waals surface area contributed by atoms with Crippen molar-refractivity contribution in [1.82, 2.24) is 0 Å². The lowest BCUT2D eigenvalue weighted by molar-refractivity contribution is -0.290. The molecule has 0 aliphatic rings. The molecule has 1 unspecified atom stereocenters. The van der Waals surface area contributed by atoms with E-state index in [0.717, 1.165) is 16.2 Å². The normalized spacial score (nSPS) is 15.2. The van der Waals surface area contributed by atoms with Crippen molar-refractivity contribution >= 4 is 11.3 Å². The fourth-order valence-electron chi connectivity index (χ4n) is 1.11. The highest BCUT2D eigenvalue weighted by molar-refractivity contribution is 7.12. The third kappa shape index (κ3) is 2.35. The van der Waals surface area contributed by atoms with E-state index in [9.17, 15) is 22.0 Å². The fraction of sp³-hybridized carbons (Fsp3) is 0.556. The molecule has 0 saturated carbocycles. The van der Waals surface area contributed by atoms with Crippen molar-refractivity contribution in [3.05, 3.63) is 21.9 Å². The van der Waals surface area contributed by atoms with Gasteiger partial charge in [0, 0.05) is 9.75 Å². The molecule has 0 amide bonds. The molecule has 0 spiro atoms. The van der Waals surface area contributed by atoms with Gasteiger partial charge in [-0.1, -0.05) is 6.92 Å². The second-order valence-electron chi connectivity index (χ2n) is 3.26. The van der Waals surface area contributed by atoms with Crippen molar-refractivity contribution in [1.29, 1.82) is 0 Å². The molecule has 1 nitrogen and oxygen atoms in total. The van der Waals surface area contributed by atoms with E-state index >= 15 is 0 Å². The second-order valence-corrected chi connectivity index (χ2v) is 4.46. The lowest BCUT2D eigenvalue weighted by atomic mass is 10.1. The molecular weight excluding hydrogens is 249 g/mol. The van der Waals surface area contributed by atoms with Gasteiger partial charge in [0.1, 0.15) is 6.04 Å². The van der Waals surface area contributed by atoms with Crippen LogP contribution in [0.1, 0.15) is 22.7 Å². The summed E-state index contributed by atoms with van der Waals surface area (Å²) < 4.78 is 61.9. The zero-order valence-corrected chi connectivity index (χ0v) is 9.13. The van der Waals surface area contributed by atoms with E-state index in [1.165, 1.54) is 12.1 Å². The number of aryl methyl sites for hydroxylation is 1. The Morgan fingerprint density at radius 2 is 1.81 bits per heavy atom. The quantitative estimate of drug-likeness (QED) is 0.826. The lowest BCUT2D eigenvalue weighted by Crippen LogP contribution is -2.45. The van der Waals surface area contributed by atoms with Gasteiger partial charge in [-0.25, -0.2) is 0 Å². The number of rotatable bonds is 3. The van der Waals surface area contributed by atoms with Gasteiger partial charge in [-0.3, -0.25) is 0 Å². The Hall–Kier alpha value is -0.690. The summed E-state index contributed by atoms with van der Waals surface area (Å²) in [6.45, 7) is 1.78. The van der Waals surface area contributed by atoms with Crippen LogP contribution in [0.3, 0.4) is 0 Å². The molecule has 0 radical (unpaired) electrons. The maximum atomic E-state index is 12.9. The van der Waals surface area contributed by atoms with Crippen molar-refractivity contribution in [2.45, 2.75) is 31.5 Å². The maximum Gasteiger partial charge on any atom is 0.455 e. The molecule has 2 N–H and O–H groups in total. The number of thiophene rings is 1. The van der Waals surface area contributed by atoms with Crippen LogP contribution in [-0.2, 0) is 6.42 Å². The summed E-state index contributed by atoms with van der Waals surface area (Å²) in [5, 5.41) is 0. The molecule has 0 aromatic carbocycles.